The van der Waals surface area contributed by atoms with Crippen molar-refractivity contribution in [1.82, 2.24) is 5.43 Å². The van der Waals surface area contributed by atoms with E-state index in [0.29, 0.717) is 17.3 Å². The predicted molar refractivity (Wildman–Crippen MR) is 48.0 cm³/mol. The Morgan fingerprint density at radius 1 is 1.77 bits per heavy atom. The fourth-order valence-corrected chi connectivity index (χ4v) is 3.57. The minimum Gasteiger partial charge on any atom is -0.350 e. The Morgan fingerprint density at radius 2 is 2.54 bits per heavy atom. The number of carbonyl (C=O) groups excluding carboxylic acids is 1. The first-order valence-electron chi connectivity index (χ1n) is 4.76. The Balaban J connectivity index is 1.83. The first-order valence-corrected chi connectivity index (χ1v) is 4.76. The monoisotopic (exact) mass is 179 g/mol. The smallest absolute Gasteiger partial charge is 0.332 e. The van der Waals surface area contributed by atoms with Gasteiger partial charge < -0.3 is 5.73 Å². The number of amides is 2. The van der Waals surface area contributed by atoms with Crippen LogP contribution >= 0.6 is 0 Å². The molecule has 4 fully saturated rings. The maximum absolute atomic E-state index is 10.5. The van der Waals surface area contributed by atoms with Crippen molar-refractivity contribution in [2.45, 2.75) is 19.8 Å². The molecule has 0 saturated heterocycles. The van der Waals surface area contributed by atoms with E-state index in [-0.39, 0.29) is 0 Å². The summed E-state index contributed by atoms with van der Waals surface area (Å²) in [6, 6.07) is -0.557. The van der Waals surface area contributed by atoms with Gasteiger partial charge >= 0.3 is 6.03 Å². The molecule has 2 amide bonds. The number of hydrazone groups is 1. The lowest BCUT2D eigenvalue weighted by molar-refractivity contribution is 0.249. The molecule has 4 atom stereocenters. The summed E-state index contributed by atoms with van der Waals surface area (Å²) in [5, 5.41) is 4.11. The number of nitrogens with one attached hydrogen (secondary N) is 1. The summed E-state index contributed by atoms with van der Waals surface area (Å²) in [7, 11) is 0. The first kappa shape index (κ1) is 7.35. The zero-order valence-corrected chi connectivity index (χ0v) is 7.58. The van der Waals surface area contributed by atoms with E-state index in [0.717, 1.165) is 5.92 Å². The number of carbonyl (C=O) groups is 1. The number of hydrogen-bond acceptors (Lipinski definition) is 2. The normalized spacial score (nSPS) is 52.7. The van der Waals surface area contributed by atoms with Crippen molar-refractivity contribution in [2.24, 2.45) is 34.0 Å². The number of primary amides is 1. The fourth-order valence-electron chi connectivity index (χ4n) is 3.57. The number of urea groups is 1. The summed E-state index contributed by atoms with van der Waals surface area (Å²) in [5.74, 6) is 2.14. The van der Waals surface area contributed by atoms with Crippen LogP contribution in [-0.4, -0.2) is 11.7 Å². The van der Waals surface area contributed by atoms with Crippen molar-refractivity contribution in [3.8, 4) is 0 Å². The number of hydrogen-bond donors (Lipinski definition) is 2. The number of nitrogens with zero attached hydrogens (tertiary/aromatic N) is 1. The SMILES string of the molecule is C[C@@]12C[C@@H]3CC1C2/C3=N\NC(N)=O. The van der Waals surface area contributed by atoms with E-state index >= 15 is 0 Å². The molecule has 0 radical (unpaired) electrons. The van der Waals surface area contributed by atoms with E-state index in [1.807, 2.05) is 0 Å². The molecule has 0 aromatic heterocycles. The van der Waals surface area contributed by atoms with Crippen molar-refractivity contribution in [1.29, 1.82) is 0 Å². The predicted octanol–water partition coefficient (Wildman–Crippen LogP) is 0.687. The van der Waals surface area contributed by atoms with E-state index in [4.69, 9.17) is 5.73 Å². The molecule has 4 aliphatic carbocycles. The average Bonchev–Trinajstić information content (AvgIpc) is 2.46. The Hall–Kier alpha value is -1.06. The largest absolute Gasteiger partial charge is 0.350 e. The molecule has 13 heavy (non-hydrogen) atoms. The van der Waals surface area contributed by atoms with Crippen LogP contribution < -0.4 is 11.2 Å². The highest BCUT2D eigenvalue weighted by Gasteiger charge is 2.75. The highest BCUT2D eigenvalue weighted by atomic mass is 16.2. The summed E-state index contributed by atoms with van der Waals surface area (Å²) < 4.78 is 0. The number of nitrogens with two attached hydrogens (primary N) is 1. The van der Waals surface area contributed by atoms with Gasteiger partial charge in [0.25, 0.3) is 0 Å². The lowest BCUT2D eigenvalue weighted by atomic mass is 10.1. The van der Waals surface area contributed by atoms with Crippen molar-refractivity contribution < 1.29 is 4.79 Å². The summed E-state index contributed by atoms with van der Waals surface area (Å²) in [6.45, 7) is 2.33. The van der Waals surface area contributed by atoms with E-state index in [1.165, 1.54) is 18.6 Å². The van der Waals surface area contributed by atoms with Crippen molar-refractivity contribution in [3.05, 3.63) is 0 Å². The summed E-state index contributed by atoms with van der Waals surface area (Å²) in [4.78, 5) is 10.5. The third-order valence-electron chi connectivity index (χ3n) is 4.11. The molecule has 3 N–H and O–H groups in total. The molecule has 4 bridgehead atoms. The van der Waals surface area contributed by atoms with Crippen molar-refractivity contribution in [2.75, 3.05) is 0 Å². The minimum absolute atomic E-state index is 0.531. The van der Waals surface area contributed by atoms with Crippen LogP contribution in [0.3, 0.4) is 0 Å². The Kier molecular flexibility index (Phi) is 1.07. The van der Waals surface area contributed by atoms with E-state index in [2.05, 4.69) is 17.5 Å². The van der Waals surface area contributed by atoms with Crippen LogP contribution in [0.5, 0.6) is 0 Å². The zero-order chi connectivity index (χ0) is 9.22. The summed E-state index contributed by atoms with van der Waals surface area (Å²) >= 11 is 0. The van der Waals surface area contributed by atoms with Gasteiger partial charge in [-0.15, -0.1) is 0 Å². The van der Waals surface area contributed by atoms with Crippen LogP contribution in [0.4, 0.5) is 4.79 Å². The molecule has 4 heteroatoms. The second-order valence-electron chi connectivity index (χ2n) is 4.74. The highest BCUT2D eigenvalue weighted by Crippen LogP contribution is 2.77. The Bertz CT molecular complexity index is 325. The average molecular weight is 179 g/mol. The Morgan fingerprint density at radius 3 is 2.92 bits per heavy atom. The maximum atomic E-state index is 10.5. The second-order valence-corrected chi connectivity index (χ2v) is 4.74. The van der Waals surface area contributed by atoms with Gasteiger partial charge in [-0.2, -0.15) is 5.10 Å². The summed E-state index contributed by atoms with van der Waals surface area (Å²) in [5.41, 5.74) is 9.04. The van der Waals surface area contributed by atoms with Crippen LogP contribution in [0.15, 0.2) is 5.10 Å². The van der Waals surface area contributed by atoms with Gasteiger partial charge in [0.15, 0.2) is 0 Å². The molecule has 0 spiro atoms. The Labute approximate surface area is 76.6 Å². The second kappa shape index (κ2) is 1.89. The van der Waals surface area contributed by atoms with E-state index < -0.39 is 6.03 Å². The fraction of sp³-hybridized carbons (Fsp3) is 0.778. The highest BCUT2D eigenvalue weighted by molar-refractivity contribution is 5.98. The third-order valence-corrected chi connectivity index (χ3v) is 4.11. The topological polar surface area (TPSA) is 67.5 Å². The molecular weight excluding hydrogens is 166 g/mol. The van der Waals surface area contributed by atoms with Crippen LogP contribution in [-0.2, 0) is 0 Å². The third kappa shape index (κ3) is 0.716. The van der Waals surface area contributed by atoms with Gasteiger partial charge in [0.05, 0.1) is 0 Å². The first-order chi connectivity index (χ1) is 6.13. The van der Waals surface area contributed by atoms with Gasteiger partial charge in [-0.25, -0.2) is 10.2 Å². The van der Waals surface area contributed by atoms with Gasteiger partial charge in [0.1, 0.15) is 0 Å². The standard InChI is InChI=1S/C9H13N3O/c1-9-3-4-2-5(9)6(9)7(4)11-12-8(10)13/h4-6H,2-3H2,1H3,(H3,10,12,13)/b11-7-/t4-,5?,6?,9+/m0/s1. The van der Waals surface area contributed by atoms with E-state index in [9.17, 15) is 4.79 Å². The van der Waals surface area contributed by atoms with Gasteiger partial charge in [0.2, 0.25) is 0 Å². The molecule has 0 aliphatic heterocycles. The van der Waals surface area contributed by atoms with Crippen LogP contribution in [0.25, 0.3) is 0 Å². The lowest BCUT2D eigenvalue weighted by Gasteiger charge is -2.01. The minimum atomic E-state index is -0.557. The molecule has 4 saturated carbocycles. The molecule has 2 unspecified atom stereocenters. The van der Waals surface area contributed by atoms with Crippen LogP contribution in [0, 0.1) is 23.2 Å². The van der Waals surface area contributed by atoms with Gasteiger partial charge in [0, 0.05) is 17.5 Å². The molecule has 4 aliphatic rings. The van der Waals surface area contributed by atoms with Gasteiger partial charge in [-0.1, -0.05) is 6.92 Å². The van der Waals surface area contributed by atoms with Gasteiger partial charge in [-0.05, 0) is 24.2 Å². The molecule has 70 valence electrons. The molecule has 0 heterocycles. The number of rotatable bonds is 1. The lowest BCUT2D eigenvalue weighted by Crippen LogP contribution is -2.26. The molecule has 4 nitrogen and oxygen atoms in total. The summed E-state index contributed by atoms with van der Waals surface area (Å²) in [6.07, 6.45) is 2.54. The van der Waals surface area contributed by atoms with E-state index in [1.54, 1.807) is 0 Å². The molecule has 0 aromatic carbocycles. The van der Waals surface area contributed by atoms with Gasteiger partial charge in [-0.3, -0.25) is 0 Å². The zero-order valence-electron chi connectivity index (χ0n) is 7.58. The maximum Gasteiger partial charge on any atom is 0.332 e. The molecule has 0 aromatic rings. The van der Waals surface area contributed by atoms with Crippen molar-refractivity contribution in [3.63, 3.8) is 0 Å². The molecular formula is C9H13N3O. The van der Waals surface area contributed by atoms with Crippen LogP contribution in [0.1, 0.15) is 19.8 Å². The molecule has 4 rings (SSSR count). The van der Waals surface area contributed by atoms with Crippen molar-refractivity contribution >= 4 is 11.7 Å². The quantitative estimate of drug-likeness (QED) is 0.571. The van der Waals surface area contributed by atoms with Crippen LogP contribution in [0.2, 0.25) is 0 Å².